The van der Waals surface area contributed by atoms with Gasteiger partial charge in [-0.2, -0.15) is 5.26 Å². The van der Waals surface area contributed by atoms with Crippen molar-refractivity contribution in [2.75, 3.05) is 14.1 Å². The second-order valence-electron chi connectivity index (χ2n) is 9.02. The Morgan fingerprint density at radius 2 is 1.91 bits per heavy atom. The lowest BCUT2D eigenvalue weighted by atomic mass is 9.57. The number of nitriles is 1. The highest BCUT2D eigenvalue weighted by Gasteiger charge is 2.64. The predicted octanol–water partition coefficient (Wildman–Crippen LogP) is 0.144. The number of aryl methyl sites for hydroxylation is 1. The summed E-state index contributed by atoms with van der Waals surface area (Å²) >= 11 is 0. The number of carbonyl (C=O) groups is 3. The molecule has 10 heteroatoms. The van der Waals surface area contributed by atoms with E-state index in [1.165, 1.54) is 32.0 Å². The third kappa shape index (κ3) is 2.76. The van der Waals surface area contributed by atoms with Crippen molar-refractivity contribution in [2.45, 2.75) is 31.4 Å². The van der Waals surface area contributed by atoms with E-state index in [1.807, 2.05) is 6.07 Å². The van der Waals surface area contributed by atoms with Crippen molar-refractivity contribution in [3.05, 3.63) is 45.2 Å². The van der Waals surface area contributed by atoms with Crippen LogP contribution in [0.4, 0.5) is 0 Å². The molecular weight excluding hydrogens is 430 g/mol. The molecule has 172 valence electrons. The molecule has 1 amide bonds. The minimum atomic E-state index is -2.68. The van der Waals surface area contributed by atoms with Crippen molar-refractivity contribution >= 4 is 23.2 Å². The van der Waals surface area contributed by atoms with Crippen molar-refractivity contribution in [1.82, 2.24) is 4.90 Å². The standard InChI is InChI=1S/C23H23N3O7/c1-8-4-10(7-24)11-5-9-6-12-16(26(2)3)19(29)15(22(25)32)21(31)23(12,33)20(30)13(9)18(28)14(11)17(8)27/h4,9,12,16,27-28,31,33H,5-6H2,1-3H3,(H2,25,32)/t9-,12-,16-,23-/m0/s1. The lowest BCUT2D eigenvalue weighted by Crippen LogP contribution is -2.65. The molecule has 6 N–H and O–H groups in total. The molecule has 1 aromatic carbocycles. The molecule has 0 radical (unpaired) electrons. The number of hydrogen-bond acceptors (Lipinski definition) is 9. The number of nitrogens with zero attached hydrogens (tertiary/aromatic N) is 2. The number of primary amides is 1. The summed E-state index contributed by atoms with van der Waals surface area (Å²) in [5, 5.41) is 53.5. The Labute approximate surface area is 188 Å². The molecule has 0 aromatic heterocycles. The molecule has 4 rings (SSSR count). The highest BCUT2D eigenvalue weighted by atomic mass is 16.3. The van der Waals surface area contributed by atoms with Crippen LogP contribution >= 0.6 is 0 Å². The molecule has 1 aromatic rings. The smallest absolute Gasteiger partial charge is 0.255 e. The number of phenolic OH excluding ortho intramolecular Hbond substituents is 1. The van der Waals surface area contributed by atoms with Crippen LogP contribution in [0.1, 0.15) is 28.7 Å². The zero-order valence-electron chi connectivity index (χ0n) is 18.2. The number of aromatic hydroxyl groups is 1. The lowest BCUT2D eigenvalue weighted by Gasteiger charge is -2.50. The first kappa shape index (κ1) is 22.5. The molecule has 4 atom stereocenters. The van der Waals surface area contributed by atoms with Gasteiger partial charge in [0, 0.05) is 11.5 Å². The van der Waals surface area contributed by atoms with E-state index in [-0.39, 0.29) is 35.3 Å². The summed E-state index contributed by atoms with van der Waals surface area (Å²) < 4.78 is 0. The van der Waals surface area contributed by atoms with Crippen LogP contribution in [0, 0.1) is 30.1 Å². The van der Waals surface area contributed by atoms with E-state index in [9.17, 15) is 40.1 Å². The summed E-state index contributed by atoms with van der Waals surface area (Å²) in [6.07, 6.45) is 0.0660. The molecule has 1 fully saturated rings. The predicted molar refractivity (Wildman–Crippen MR) is 114 cm³/mol. The monoisotopic (exact) mass is 453 g/mol. The summed E-state index contributed by atoms with van der Waals surface area (Å²) in [7, 11) is 3.06. The number of aliphatic hydroxyl groups is 3. The Kier molecular flexibility index (Phi) is 4.89. The van der Waals surface area contributed by atoms with Crippen LogP contribution in [0.25, 0.3) is 5.76 Å². The largest absolute Gasteiger partial charge is 0.508 e. The van der Waals surface area contributed by atoms with Crippen molar-refractivity contribution < 1.29 is 34.8 Å². The first-order chi connectivity index (χ1) is 15.4. The maximum Gasteiger partial charge on any atom is 0.255 e. The maximum absolute atomic E-state index is 13.6. The van der Waals surface area contributed by atoms with Crippen LogP contribution in [-0.2, 0) is 20.8 Å². The minimum absolute atomic E-state index is 0.0226. The van der Waals surface area contributed by atoms with E-state index in [0.717, 1.165) is 0 Å². The van der Waals surface area contributed by atoms with Crippen LogP contribution in [0.3, 0.4) is 0 Å². The normalized spacial score (nSPS) is 28.9. The second kappa shape index (κ2) is 7.16. The Morgan fingerprint density at radius 1 is 1.27 bits per heavy atom. The third-order valence-electron chi connectivity index (χ3n) is 7.03. The van der Waals surface area contributed by atoms with Crippen molar-refractivity contribution in [2.24, 2.45) is 17.6 Å². The Balaban J connectivity index is 2.02. The molecule has 10 nitrogen and oxygen atoms in total. The van der Waals surface area contributed by atoms with E-state index >= 15 is 0 Å². The molecule has 33 heavy (non-hydrogen) atoms. The zero-order chi connectivity index (χ0) is 24.6. The van der Waals surface area contributed by atoms with Crippen molar-refractivity contribution in [3.8, 4) is 11.8 Å². The number of carbonyl (C=O) groups excluding carboxylic acids is 3. The Hall–Kier alpha value is -3.68. The molecule has 0 spiro atoms. The number of nitrogens with two attached hydrogens (primary N) is 1. The van der Waals surface area contributed by atoms with Crippen LogP contribution in [0.5, 0.6) is 5.75 Å². The van der Waals surface area contributed by atoms with Gasteiger partial charge < -0.3 is 26.2 Å². The van der Waals surface area contributed by atoms with Crippen molar-refractivity contribution in [3.63, 3.8) is 0 Å². The van der Waals surface area contributed by atoms with E-state index in [4.69, 9.17) is 5.73 Å². The minimum Gasteiger partial charge on any atom is -0.508 e. The van der Waals surface area contributed by atoms with Crippen LogP contribution in [0.15, 0.2) is 23.0 Å². The molecule has 3 aliphatic carbocycles. The molecule has 0 bridgehead atoms. The fraction of sp³-hybridized carbons (Fsp3) is 0.391. The fourth-order valence-corrected chi connectivity index (χ4v) is 5.55. The average Bonchev–Trinajstić information content (AvgIpc) is 2.72. The number of fused-ring (bicyclic) bond motifs is 3. The molecule has 1 saturated carbocycles. The first-order valence-electron chi connectivity index (χ1n) is 10.3. The van der Waals surface area contributed by atoms with Crippen LogP contribution in [0.2, 0.25) is 0 Å². The number of Topliss-reactive ketones (excluding diaryl/α,β-unsaturated/α-hetero) is 2. The van der Waals surface area contributed by atoms with Gasteiger partial charge in [0.15, 0.2) is 11.4 Å². The molecule has 0 heterocycles. The van der Waals surface area contributed by atoms with Gasteiger partial charge in [0.05, 0.1) is 23.2 Å². The van der Waals surface area contributed by atoms with Gasteiger partial charge in [0.25, 0.3) is 5.91 Å². The van der Waals surface area contributed by atoms with Crippen LogP contribution in [-0.4, -0.2) is 68.5 Å². The van der Waals surface area contributed by atoms with E-state index in [2.05, 4.69) is 0 Å². The number of aliphatic hydroxyl groups excluding tert-OH is 2. The van der Waals surface area contributed by atoms with Crippen molar-refractivity contribution in [1.29, 1.82) is 5.26 Å². The quantitative estimate of drug-likeness (QED) is 0.389. The Morgan fingerprint density at radius 3 is 2.45 bits per heavy atom. The Bertz CT molecular complexity index is 1250. The highest BCUT2D eigenvalue weighted by molar-refractivity contribution is 6.24. The van der Waals surface area contributed by atoms with E-state index in [0.29, 0.717) is 11.1 Å². The number of hydrogen-bond donors (Lipinski definition) is 5. The molecule has 0 saturated heterocycles. The van der Waals surface area contributed by atoms with Gasteiger partial charge in [-0.05, 0) is 57.0 Å². The number of rotatable bonds is 2. The average molecular weight is 453 g/mol. The molecule has 3 aliphatic rings. The molecular formula is C23H23N3O7. The summed E-state index contributed by atoms with van der Waals surface area (Å²) in [6.45, 7) is 1.54. The summed E-state index contributed by atoms with van der Waals surface area (Å²) in [6, 6.07) is 2.36. The topological polar surface area (TPSA) is 185 Å². The highest BCUT2D eigenvalue weighted by Crippen LogP contribution is 2.53. The lowest BCUT2D eigenvalue weighted by molar-refractivity contribution is -0.153. The van der Waals surface area contributed by atoms with E-state index < -0.39 is 58.0 Å². The number of phenols is 1. The summed E-state index contributed by atoms with van der Waals surface area (Å²) in [5.74, 6) is -7.09. The number of ketones is 2. The van der Waals surface area contributed by atoms with E-state index in [1.54, 1.807) is 0 Å². The van der Waals surface area contributed by atoms with Gasteiger partial charge in [-0.15, -0.1) is 0 Å². The maximum atomic E-state index is 13.6. The van der Waals surface area contributed by atoms with Crippen LogP contribution < -0.4 is 5.73 Å². The van der Waals surface area contributed by atoms with Gasteiger partial charge >= 0.3 is 0 Å². The number of amides is 1. The van der Waals surface area contributed by atoms with Gasteiger partial charge in [-0.25, -0.2) is 0 Å². The number of likely N-dealkylation sites (N-methyl/N-ethyl adjacent to an activating group) is 1. The molecule has 0 aliphatic heterocycles. The summed E-state index contributed by atoms with van der Waals surface area (Å²) in [5.41, 5.74) is 2.31. The van der Waals surface area contributed by atoms with Gasteiger partial charge in [0.1, 0.15) is 22.8 Å². The van der Waals surface area contributed by atoms with Gasteiger partial charge in [0.2, 0.25) is 5.78 Å². The number of benzene rings is 1. The first-order valence-corrected chi connectivity index (χ1v) is 10.3. The van der Waals surface area contributed by atoms with Gasteiger partial charge in [-0.1, -0.05) is 0 Å². The zero-order valence-corrected chi connectivity index (χ0v) is 18.2. The third-order valence-corrected chi connectivity index (χ3v) is 7.03. The fourth-order valence-electron chi connectivity index (χ4n) is 5.55. The van der Waals surface area contributed by atoms with Gasteiger partial charge in [-0.3, -0.25) is 19.3 Å². The molecule has 0 unspecified atom stereocenters. The SMILES string of the molecule is Cc1cc(C#N)c2c(c1O)C(O)=C1C(=O)[C@]3(O)C(O)=C(C(N)=O)C(=O)[C@@H](N(C)C)[C@@H]3C[C@@H]1C2. The second-order valence-corrected chi connectivity index (χ2v) is 9.02. The summed E-state index contributed by atoms with van der Waals surface area (Å²) in [4.78, 5) is 40.0.